The number of benzene rings is 1. The van der Waals surface area contributed by atoms with Crippen molar-refractivity contribution in [2.24, 2.45) is 0 Å². The minimum atomic E-state index is 0.0270. The molecule has 1 atom stereocenters. The van der Waals surface area contributed by atoms with Gasteiger partial charge in [-0.25, -0.2) is 19.9 Å². The summed E-state index contributed by atoms with van der Waals surface area (Å²) in [4.78, 5) is 32.5. The van der Waals surface area contributed by atoms with Gasteiger partial charge >= 0.3 is 0 Å². The van der Waals surface area contributed by atoms with Crippen LogP contribution in [-0.2, 0) is 4.79 Å². The van der Waals surface area contributed by atoms with Crippen molar-refractivity contribution in [2.75, 3.05) is 18.4 Å². The molecule has 1 fully saturated rings. The normalized spacial score (nSPS) is 16.1. The van der Waals surface area contributed by atoms with Gasteiger partial charge in [-0.15, -0.1) is 0 Å². The Labute approximate surface area is 182 Å². The molecule has 31 heavy (non-hydrogen) atoms. The Balaban J connectivity index is 1.45. The first-order valence-electron chi connectivity index (χ1n) is 10.4. The highest BCUT2D eigenvalue weighted by Crippen LogP contribution is 2.28. The predicted octanol–water partition coefficient (Wildman–Crippen LogP) is 3.96. The second kappa shape index (κ2) is 9.04. The molecule has 158 valence electrons. The van der Waals surface area contributed by atoms with Crippen LogP contribution in [0.25, 0.3) is 6.08 Å². The number of rotatable bonds is 5. The van der Waals surface area contributed by atoms with E-state index in [4.69, 9.17) is 0 Å². The van der Waals surface area contributed by atoms with E-state index in [1.165, 1.54) is 0 Å². The van der Waals surface area contributed by atoms with Crippen LogP contribution in [0.4, 0.5) is 11.8 Å². The van der Waals surface area contributed by atoms with Gasteiger partial charge in [0, 0.05) is 42.5 Å². The molecular formula is C24H26N6O. The number of carbonyl (C=O) groups excluding carboxylic acids is 1. The summed E-state index contributed by atoms with van der Waals surface area (Å²) in [6, 6.07) is 13.7. The number of aryl methyl sites for hydroxylation is 3. The molecule has 0 radical (unpaired) electrons. The molecule has 7 nitrogen and oxygen atoms in total. The van der Waals surface area contributed by atoms with Crippen molar-refractivity contribution < 1.29 is 4.79 Å². The monoisotopic (exact) mass is 414 g/mol. The summed E-state index contributed by atoms with van der Waals surface area (Å²) in [6.07, 6.45) is 4.38. The van der Waals surface area contributed by atoms with Gasteiger partial charge in [0.2, 0.25) is 11.9 Å². The number of hydrogen-bond donors (Lipinski definition) is 1. The minimum absolute atomic E-state index is 0.0270. The molecule has 7 heteroatoms. The highest BCUT2D eigenvalue weighted by molar-refractivity contribution is 5.92. The van der Waals surface area contributed by atoms with Crippen molar-refractivity contribution in [2.45, 2.75) is 33.1 Å². The summed E-state index contributed by atoms with van der Waals surface area (Å²) >= 11 is 0. The molecule has 2 aromatic heterocycles. The molecule has 1 aliphatic heterocycles. The number of nitrogens with one attached hydrogen (secondary N) is 1. The number of carbonyl (C=O) groups is 1. The van der Waals surface area contributed by atoms with E-state index < -0.39 is 0 Å². The Morgan fingerprint density at radius 2 is 1.77 bits per heavy atom. The summed E-state index contributed by atoms with van der Waals surface area (Å²) < 4.78 is 0. The second-order valence-corrected chi connectivity index (χ2v) is 7.84. The van der Waals surface area contributed by atoms with E-state index >= 15 is 0 Å². The Bertz CT molecular complexity index is 1090. The zero-order valence-electron chi connectivity index (χ0n) is 18.0. The number of aromatic nitrogens is 4. The van der Waals surface area contributed by atoms with Crippen molar-refractivity contribution in [3.8, 4) is 0 Å². The van der Waals surface area contributed by atoms with E-state index in [0.717, 1.165) is 29.1 Å². The molecule has 4 rings (SSSR count). The van der Waals surface area contributed by atoms with Gasteiger partial charge in [0.25, 0.3) is 0 Å². The molecule has 1 amide bonds. The highest BCUT2D eigenvalue weighted by Gasteiger charge is 2.27. The zero-order valence-corrected chi connectivity index (χ0v) is 18.0. The van der Waals surface area contributed by atoms with E-state index in [9.17, 15) is 4.79 Å². The van der Waals surface area contributed by atoms with Gasteiger partial charge in [0.05, 0.1) is 5.69 Å². The molecule has 1 saturated heterocycles. The van der Waals surface area contributed by atoms with E-state index in [1.807, 2.05) is 74.2 Å². The lowest BCUT2D eigenvalue weighted by Gasteiger charge is -2.15. The Hall–Kier alpha value is -3.61. The maximum Gasteiger partial charge on any atom is 0.246 e. The molecule has 0 bridgehead atoms. The zero-order chi connectivity index (χ0) is 21.8. The van der Waals surface area contributed by atoms with Gasteiger partial charge in [0.15, 0.2) is 0 Å². The summed E-state index contributed by atoms with van der Waals surface area (Å²) in [5.74, 6) is 2.07. The van der Waals surface area contributed by atoms with Gasteiger partial charge in [-0.1, -0.05) is 30.3 Å². The number of hydrogen-bond acceptors (Lipinski definition) is 6. The van der Waals surface area contributed by atoms with E-state index in [-0.39, 0.29) is 11.8 Å². The highest BCUT2D eigenvalue weighted by atomic mass is 16.2. The third-order valence-corrected chi connectivity index (χ3v) is 5.22. The Morgan fingerprint density at radius 3 is 2.52 bits per heavy atom. The van der Waals surface area contributed by atoms with E-state index in [2.05, 4.69) is 25.3 Å². The number of likely N-dealkylation sites (tertiary alicyclic amines) is 1. The van der Waals surface area contributed by atoms with Crippen LogP contribution in [0, 0.1) is 20.8 Å². The molecule has 0 saturated carbocycles. The SMILES string of the molecule is Cc1cc(C)nc(Nc2cc([C@H]3CCN(C(=O)/C=C/c4ccccc4)C3)nc(C)n2)n1. The number of nitrogens with zero attached hydrogens (tertiary/aromatic N) is 5. The Kier molecular flexibility index (Phi) is 6.02. The van der Waals surface area contributed by atoms with Crippen LogP contribution in [0.5, 0.6) is 0 Å². The van der Waals surface area contributed by atoms with Crippen molar-refractivity contribution in [3.05, 3.63) is 77.0 Å². The summed E-state index contributed by atoms with van der Waals surface area (Å²) in [6.45, 7) is 7.11. The first kappa shape index (κ1) is 20.7. The third kappa shape index (κ3) is 5.31. The summed E-state index contributed by atoms with van der Waals surface area (Å²) in [7, 11) is 0. The quantitative estimate of drug-likeness (QED) is 0.636. The topological polar surface area (TPSA) is 83.9 Å². The first-order valence-corrected chi connectivity index (χ1v) is 10.4. The molecule has 1 aromatic carbocycles. The lowest BCUT2D eigenvalue weighted by molar-refractivity contribution is -0.124. The molecular weight excluding hydrogens is 388 g/mol. The lowest BCUT2D eigenvalue weighted by atomic mass is 10.0. The summed E-state index contributed by atoms with van der Waals surface area (Å²) in [5.41, 5.74) is 3.74. The smallest absolute Gasteiger partial charge is 0.246 e. The molecule has 0 spiro atoms. The van der Waals surface area contributed by atoms with E-state index in [0.29, 0.717) is 30.7 Å². The lowest BCUT2D eigenvalue weighted by Crippen LogP contribution is -2.26. The molecule has 1 aliphatic rings. The van der Waals surface area contributed by atoms with Gasteiger partial charge < -0.3 is 10.2 Å². The maximum atomic E-state index is 12.6. The molecule has 1 N–H and O–H groups in total. The van der Waals surface area contributed by atoms with Crippen molar-refractivity contribution in [1.29, 1.82) is 0 Å². The van der Waals surface area contributed by atoms with Crippen LogP contribution in [0.2, 0.25) is 0 Å². The fraction of sp³-hybridized carbons (Fsp3) is 0.292. The molecule has 0 aliphatic carbocycles. The number of anilines is 2. The van der Waals surface area contributed by atoms with Crippen LogP contribution in [-0.4, -0.2) is 43.8 Å². The van der Waals surface area contributed by atoms with Crippen molar-refractivity contribution in [3.63, 3.8) is 0 Å². The first-order chi connectivity index (χ1) is 15.0. The van der Waals surface area contributed by atoms with Crippen LogP contribution in [0.3, 0.4) is 0 Å². The molecule has 0 unspecified atom stereocenters. The number of amides is 1. The van der Waals surface area contributed by atoms with Crippen LogP contribution in [0.1, 0.15) is 40.8 Å². The van der Waals surface area contributed by atoms with Crippen LogP contribution in [0.15, 0.2) is 48.5 Å². The fourth-order valence-electron chi connectivity index (χ4n) is 3.80. The standard InChI is InChI=1S/C24H26N6O/c1-16-13-17(2)26-24(25-16)29-22-14-21(27-18(3)28-22)20-11-12-30(15-20)23(31)10-9-19-7-5-4-6-8-19/h4-10,13-14,20H,11-12,15H2,1-3H3,(H,25,26,27,28,29)/b10-9+/t20-/m0/s1. The van der Waals surface area contributed by atoms with Gasteiger partial charge in [-0.3, -0.25) is 4.79 Å². The van der Waals surface area contributed by atoms with Gasteiger partial charge in [0.1, 0.15) is 11.6 Å². The maximum absolute atomic E-state index is 12.6. The average Bonchev–Trinajstić information content (AvgIpc) is 3.22. The predicted molar refractivity (Wildman–Crippen MR) is 121 cm³/mol. The molecule has 3 aromatic rings. The van der Waals surface area contributed by atoms with Crippen molar-refractivity contribution >= 4 is 23.7 Å². The summed E-state index contributed by atoms with van der Waals surface area (Å²) in [5, 5.41) is 3.20. The fourth-order valence-corrected chi connectivity index (χ4v) is 3.80. The van der Waals surface area contributed by atoms with Gasteiger partial charge in [-0.05, 0) is 44.9 Å². The minimum Gasteiger partial charge on any atom is -0.338 e. The van der Waals surface area contributed by atoms with Gasteiger partial charge in [-0.2, -0.15) is 0 Å². The van der Waals surface area contributed by atoms with Crippen molar-refractivity contribution in [1.82, 2.24) is 24.8 Å². The second-order valence-electron chi connectivity index (χ2n) is 7.84. The van der Waals surface area contributed by atoms with E-state index in [1.54, 1.807) is 6.08 Å². The van der Waals surface area contributed by atoms with Crippen LogP contribution < -0.4 is 5.32 Å². The Morgan fingerprint density at radius 1 is 1.03 bits per heavy atom. The average molecular weight is 415 g/mol. The molecule has 3 heterocycles. The third-order valence-electron chi connectivity index (χ3n) is 5.22. The van der Waals surface area contributed by atoms with Crippen LogP contribution >= 0.6 is 0 Å². The largest absolute Gasteiger partial charge is 0.338 e.